The van der Waals surface area contributed by atoms with Crippen molar-refractivity contribution in [2.45, 2.75) is 43.1 Å². The van der Waals surface area contributed by atoms with Gasteiger partial charge in [-0.3, -0.25) is 14.5 Å². The van der Waals surface area contributed by atoms with Crippen LogP contribution in [0.4, 0.5) is 0 Å². The highest BCUT2D eigenvalue weighted by atomic mass is 16.9. The fraction of sp³-hybridized carbons (Fsp3) is 0.290. The number of benzene rings is 3. The molecular formula is C31H33N3O5. The van der Waals surface area contributed by atoms with Gasteiger partial charge in [-0.05, 0) is 23.6 Å². The van der Waals surface area contributed by atoms with Gasteiger partial charge in [0.25, 0.3) is 0 Å². The number of rotatable bonds is 10. The maximum absolute atomic E-state index is 12.8. The van der Waals surface area contributed by atoms with Crippen LogP contribution in [0.25, 0.3) is 0 Å². The first-order valence-corrected chi connectivity index (χ1v) is 12.9. The molecule has 3 atom stereocenters. The van der Waals surface area contributed by atoms with Gasteiger partial charge in [-0.25, -0.2) is 4.98 Å². The lowest BCUT2D eigenvalue weighted by molar-refractivity contribution is -0.397. The molecule has 2 heterocycles. The summed E-state index contributed by atoms with van der Waals surface area (Å²) in [6.07, 6.45) is 4.08. The first kappa shape index (κ1) is 26.8. The lowest BCUT2D eigenvalue weighted by Gasteiger charge is -2.47. The molecule has 1 aliphatic heterocycles. The first-order valence-electron chi connectivity index (χ1n) is 12.9. The molecule has 202 valence electrons. The Morgan fingerprint density at radius 1 is 0.872 bits per heavy atom. The van der Waals surface area contributed by atoms with Crippen molar-refractivity contribution in [3.63, 3.8) is 0 Å². The lowest BCUT2D eigenvalue weighted by Crippen LogP contribution is -2.62. The molecule has 39 heavy (non-hydrogen) atoms. The minimum absolute atomic E-state index is 0.151. The average molecular weight is 528 g/mol. The minimum atomic E-state index is -1.74. The van der Waals surface area contributed by atoms with Gasteiger partial charge in [-0.15, -0.1) is 0 Å². The van der Waals surface area contributed by atoms with Gasteiger partial charge in [-0.2, -0.15) is 0 Å². The highest BCUT2D eigenvalue weighted by molar-refractivity contribution is 5.84. The fourth-order valence-corrected chi connectivity index (χ4v) is 5.71. The first-order chi connectivity index (χ1) is 19.0. The quantitative estimate of drug-likeness (QED) is 0.248. The van der Waals surface area contributed by atoms with Crippen LogP contribution < -0.4 is 5.01 Å². The van der Waals surface area contributed by atoms with Gasteiger partial charge in [0, 0.05) is 33.0 Å². The highest BCUT2D eigenvalue weighted by Gasteiger charge is 2.59. The number of ketones is 1. The molecule has 5 rings (SSSR count). The van der Waals surface area contributed by atoms with E-state index in [9.17, 15) is 9.90 Å². The van der Waals surface area contributed by atoms with Crippen molar-refractivity contribution in [3.05, 3.63) is 126 Å². The van der Waals surface area contributed by atoms with Crippen LogP contribution in [0.3, 0.4) is 0 Å². The van der Waals surface area contributed by atoms with E-state index in [0.29, 0.717) is 0 Å². The van der Waals surface area contributed by atoms with E-state index in [-0.39, 0.29) is 12.2 Å². The van der Waals surface area contributed by atoms with Crippen LogP contribution in [0.2, 0.25) is 0 Å². The van der Waals surface area contributed by atoms with Crippen molar-refractivity contribution in [2.75, 3.05) is 19.2 Å². The van der Waals surface area contributed by atoms with E-state index in [2.05, 4.69) is 4.98 Å². The number of ether oxygens (including phenoxy) is 3. The Morgan fingerprint density at radius 2 is 1.36 bits per heavy atom. The molecular weight excluding hydrogens is 494 g/mol. The van der Waals surface area contributed by atoms with Crippen LogP contribution in [0.1, 0.15) is 30.0 Å². The summed E-state index contributed by atoms with van der Waals surface area (Å²) in [6, 6.07) is 28.1. The smallest absolute Gasteiger partial charge is 0.307 e. The minimum Gasteiger partial charge on any atom is -0.390 e. The largest absolute Gasteiger partial charge is 0.390 e. The number of aliphatic hydroxyl groups is 1. The molecule has 4 aromatic rings. The van der Waals surface area contributed by atoms with Gasteiger partial charge in [0.1, 0.15) is 24.0 Å². The highest BCUT2D eigenvalue weighted by Crippen LogP contribution is 2.46. The fourth-order valence-electron chi connectivity index (χ4n) is 5.71. The molecule has 1 fully saturated rings. The summed E-state index contributed by atoms with van der Waals surface area (Å²) < 4.78 is 21.2. The van der Waals surface area contributed by atoms with Gasteiger partial charge in [0.05, 0.1) is 6.10 Å². The van der Waals surface area contributed by atoms with Crippen molar-refractivity contribution in [1.82, 2.24) is 9.66 Å². The van der Waals surface area contributed by atoms with E-state index in [1.54, 1.807) is 28.4 Å². The number of hydrogen-bond acceptors (Lipinski definition) is 7. The molecule has 3 unspecified atom stereocenters. The maximum atomic E-state index is 12.8. The SMILES string of the molecule is COC(OC)(OC(c1ccccc1)(c1ccccc1)c1ccccc1)C1CC(O)C(C(C)=O)N1n1ccnc1. The molecule has 1 saturated heterocycles. The van der Waals surface area contributed by atoms with E-state index < -0.39 is 29.8 Å². The molecule has 1 N–H and O–H groups in total. The van der Waals surface area contributed by atoms with E-state index >= 15 is 0 Å². The second kappa shape index (κ2) is 11.1. The van der Waals surface area contributed by atoms with Crippen LogP contribution in [0.15, 0.2) is 110 Å². The number of nitrogens with zero attached hydrogens (tertiary/aromatic N) is 3. The van der Waals surface area contributed by atoms with Crippen LogP contribution in [-0.4, -0.2) is 58.9 Å². The zero-order valence-electron chi connectivity index (χ0n) is 22.3. The number of aromatic nitrogens is 2. The number of carbonyl (C=O) groups is 1. The molecule has 0 aliphatic carbocycles. The maximum Gasteiger partial charge on any atom is 0.307 e. The molecule has 3 aromatic carbocycles. The predicted octanol–water partition coefficient (Wildman–Crippen LogP) is 3.87. The zero-order valence-corrected chi connectivity index (χ0v) is 22.3. The zero-order chi connectivity index (χ0) is 27.5. The Morgan fingerprint density at radius 3 is 1.74 bits per heavy atom. The molecule has 1 aromatic heterocycles. The Kier molecular flexibility index (Phi) is 7.63. The molecule has 1 aliphatic rings. The van der Waals surface area contributed by atoms with Gasteiger partial charge in [0.2, 0.25) is 0 Å². The Labute approximate surface area is 228 Å². The monoisotopic (exact) mass is 527 g/mol. The van der Waals surface area contributed by atoms with E-state index in [4.69, 9.17) is 14.2 Å². The second-order valence-corrected chi connectivity index (χ2v) is 9.59. The third kappa shape index (κ3) is 4.66. The molecule has 0 bridgehead atoms. The molecule has 0 saturated carbocycles. The lowest BCUT2D eigenvalue weighted by atomic mass is 9.80. The van der Waals surface area contributed by atoms with Gasteiger partial charge >= 0.3 is 5.97 Å². The van der Waals surface area contributed by atoms with Gasteiger partial charge < -0.3 is 19.3 Å². The second-order valence-electron chi connectivity index (χ2n) is 9.59. The van der Waals surface area contributed by atoms with E-state index in [1.807, 2.05) is 91.0 Å². The Bertz CT molecular complexity index is 1250. The van der Waals surface area contributed by atoms with Crippen molar-refractivity contribution in [3.8, 4) is 0 Å². The number of aliphatic hydroxyl groups excluding tert-OH is 1. The van der Waals surface area contributed by atoms with Crippen molar-refractivity contribution >= 4 is 5.78 Å². The van der Waals surface area contributed by atoms with Gasteiger partial charge in [-0.1, -0.05) is 91.0 Å². The Balaban J connectivity index is 1.75. The molecule has 0 spiro atoms. The molecule has 0 amide bonds. The summed E-state index contributed by atoms with van der Waals surface area (Å²) in [4.78, 5) is 17.0. The molecule has 8 heteroatoms. The standard InChI is InChI=1S/C31H33N3O5/c1-23(35)29-27(36)21-28(34(29)33-20-19-32-22-33)31(37-2,38-3)39-30(24-13-7-4-8-14-24,25-15-9-5-10-16-25)26-17-11-6-12-18-26/h4-20,22,27-29,36H,21H2,1-3H3. The van der Waals surface area contributed by atoms with Crippen molar-refractivity contribution < 1.29 is 24.1 Å². The third-order valence-corrected chi connectivity index (χ3v) is 7.42. The number of imidazole rings is 1. The van der Waals surface area contributed by atoms with Crippen LogP contribution >= 0.6 is 0 Å². The topological polar surface area (TPSA) is 86.0 Å². The summed E-state index contributed by atoms with van der Waals surface area (Å²) >= 11 is 0. The predicted molar refractivity (Wildman–Crippen MR) is 146 cm³/mol. The summed E-state index contributed by atoms with van der Waals surface area (Å²) in [5.74, 6) is -1.93. The number of methoxy groups -OCH3 is 2. The Hall–Kier alpha value is -3.82. The van der Waals surface area contributed by atoms with Crippen molar-refractivity contribution in [1.29, 1.82) is 0 Å². The normalized spacial score (nSPS) is 19.8. The van der Waals surface area contributed by atoms with E-state index in [0.717, 1.165) is 16.7 Å². The number of Topliss-reactive ketones (excluding diaryl/α,β-unsaturated/α-hetero) is 1. The summed E-state index contributed by atoms with van der Waals surface area (Å²) in [5, 5.41) is 12.9. The molecule has 0 radical (unpaired) electrons. The van der Waals surface area contributed by atoms with Crippen molar-refractivity contribution in [2.24, 2.45) is 0 Å². The molecule has 8 nitrogen and oxygen atoms in total. The third-order valence-electron chi connectivity index (χ3n) is 7.42. The average Bonchev–Trinajstić information content (AvgIpc) is 3.64. The number of hydrogen-bond donors (Lipinski definition) is 1. The summed E-state index contributed by atoms with van der Waals surface area (Å²) in [7, 11) is 3.02. The van der Waals surface area contributed by atoms with E-state index in [1.165, 1.54) is 21.1 Å². The van der Waals surface area contributed by atoms with Crippen LogP contribution in [0.5, 0.6) is 0 Å². The van der Waals surface area contributed by atoms with Crippen LogP contribution in [0, 0.1) is 0 Å². The van der Waals surface area contributed by atoms with Gasteiger partial charge in [0.15, 0.2) is 5.78 Å². The van der Waals surface area contributed by atoms with Crippen LogP contribution in [-0.2, 0) is 24.6 Å². The summed E-state index contributed by atoms with van der Waals surface area (Å²) in [6.45, 7) is 1.46. The summed E-state index contributed by atoms with van der Waals surface area (Å²) in [5.41, 5.74) is 1.39. The number of carbonyl (C=O) groups excluding carboxylic acids is 1.